The number of halogens is 2. The van der Waals surface area contributed by atoms with Crippen LogP contribution in [-0.4, -0.2) is 29.8 Å². The number of carbonyl (C=O) groups is 2. The first-order valence-corrected chi connectivity index (χ1v) is 10.8. The molecule has 0 atom stereocenters. The standard InChI is InChI=1S/C23H19Cl2N5O3/c1-14-11-17(30-10-2-9-26-23(30)32)5-7-20(14)33-21-8-4-16(13-27-21)29-22(31)28-15-3-6-18(24)19(25)12-15/h3-9,11-13H,2,10H2,1H3,(H2,28,29,31). The molecule has 2 N–H and O–H groups in total. The number of hydrogen-bond donors (Lipinski definition) is 2. The highest BCUT2D eigenvalue weighted by Crippen LogP contribution is 2.29. The Kier molecular flexibility index (Phi) is 6.76. The highest BCUT2D eigenvalue weighted by Gasteiger charge is 2.18. The van der Waals surface area contributed by atoms with Crippen molar-refractivity contribution in [3.63, 3.8) is 0 Å². The van der Waals surface area contributed by atoms with Crippen LogP contribution < -0.4 is 20.3 Å². The van der Waals surface area contributed by atoms with Gasteiger partial charge in [0.15, 0.2) is 0 Å². The molecule has 0 saturated heterocycles. The predicted molar refractivity (Wildman–Crippen MR) is 130 cm³/mol. The highest BCUT2D eigenvalue weighted by atomic mass is 35.5. The van der Waals surface area contributed by atoms with Crippen molar-refractivity contribution < 1.29 is 14.3 Å². The van der Waals surface area contributed by atoms with Crippen LogP contribution in [0.1, 0.15) is 12.0 Å². The van der Waals surface area contributed by atoms with Gasteiger partial charge < -0.3 is 15.4 Å². The van der Waals surface area contributed by atoms with Crippen LogP contribution >= 0.6 is 23.2 Å². The molecular formula is C23H19Cl2N5O3. The van der Waals surface area contributed by atoms with E-state index in [-0.39, 0.29) is 6.03 Å². The number of rotatable bonds is 5. The van der Waals surface area contributed by atoms with Gasteiger partial charge in [0.1, 0.15) is 5.75 Å². The zero-order chi connectivity index (χ0) is 23.4. The van der Waals surface area contributed by atoms with Gasteiger partial charge in [-0.1, -0.05) is 23.2 Å². The van der Waals surface area contributed by atoms with Gasteiger partial charge in [0.05, 0.1) is 21.9 Å². The second kappa shape index (κ2) is 9.89. The number of urea groups is 2. The maximum Gasteiger partial charge on any atom is 0.347 e. The Morgan fingerprint density at radius 3 is 2.52 bits per heavy atom. The lowest BCUT2D eigenvalue weighted by atomic mass is 10.1. The number of anilines is 3. The van der Waals surface area contributed by atoms with Crippen LogP contribution in [0.4, 0.5) is 26.7 Å². The van der Waals surface area contributed by atoms with E-state index in [1.807, 2.05) is 19.1 Å². The van der Waals surface area contributed by atoms with E-state index in [0.29, 0.717) is 39.6 Å². The third kappa shape index (κ3) is 5.60. The number of nitrogens with zero attached hydrogens (tertiary/aromatic N) is 3. The van der Waals surface area contributed by atoms with Crippen LogP contribution in [0.15, 0.2) is 59.7 Å². The molecule has 0 fully saturated rings. The molecule has 1 aliphatic rings. The lowest BCUT2D eigenvalue weighted by molar-refractivity contribution is 0.253. The Labute approximate surface area is 200 Å². The number of aryl methyl sites for hydroxylation is 1. The van der Waals surface area contributed by atoms with Crippen molar-refractivity contribution in [3.8, 4) is 11.6 Å². The van der Waals surface area contributed by atoms with Gasteiger partial charge in [0.2, 0.25) is 5.88 Å². The van der Waals surface area contributed by atoms with Gasteiger partial charge in [-0.05, 0) is 55.0 Å². The average Bonchev–Trinajstić information content (AvgIpc) is 2.79. The van der Waals surface area contributed by atoms with Crippen LogP contribution in [0.2, 0.25) is 10.0 Å². The molecule has 0 unspecified atom stereocenters. The number of pyridine rings is 1. The molecule has 0 aliphatic carbocycles. The van der Waals surface area contributed by atoms with Crippen molar-refractivity contribution >= 4 is 58.5 Å². The molecule has 0 saturated carbocycles. The predicted octanol–water partition coefficient (Wildman–Crippen LogP) is 6.53. The molecule has 168 valence electrons. The molecule has 3 aromatic rings. The monoisotopic (exact) mass is 483 g/mol. The minimum atomic E-state index is -0.452. The van der Waals surface area contributed by atoms with Gasteiger partial charge in [-0.15, -0.1) is 0 Å². The SMILES string of the molecule is Cc1cc(N2CCC=NC2=O)ccc1Oc1ccc(NC(=O)Nc2ccc(Cl)c(Cl)c2)cn1. The van der Waals surface area contributed by atoms with Gasteiger partial charge in [-0.2, -0.15) is 0 Å². The fraction of sp³-hybridized carbons (Fsp3) is 0.130. The van der Waals surface area contributed by atoms with E-state index in [1.165, 1.54) is 6.20 Å². The van der Waals surface area contributed by atoms with E-state index in [4.69, 9.17) is 27.9 Å². The summed E-state index contributed by atoms with van der Waals surface area (Å²) in [4.78, 5) is 33.9. The first-order chi connectivity index (χ1) is 15.9. The van der Waals surface area contributed by atoms with Crippen molar-refractivity contribution in [1.29, 1.82) is 0 Å². The zero-order valence-corrected chi connectivity index (χ0v) is 19.0. The second-order valence-corrected chi connectivity index (χ2v) is 7.99. The van der Waals surface area contributed by atoms with E-state index in [0.717, 1.165) is 17.7 Å². The molecule has 2 heterocycles. The lowest BCUT2D eigenvalue weighted by Crippen LogP contribution is -2.32. The number of aliphatic imine (C=N–C) groups is 1. The molecule has 8 nitrogen and oxygen atoms in total. The van der Waals surface area contributed by atoms with Crippen LogP contribution in [0.5, 0.6) is 11.6 Å². The Hall–Kier alpha value is -3.62. The Bertz CT molecular complexity index is 1230. The average molecular weight is 484 g/mol. The lowest BCUT2D eigenvalue weighted by Gasteiger charge is -2.23. The van der Waals surface area contributed by atoms with Crippen molar-refractivity contribution in [3.05, 3.63) is 70.3 Å². The maximum absolute atomic E-state index is 12.2. The molecule has 33 heavy (non-hydrogen) atoms. The fourth-order valence-electron chi connectivity index (χ4n) is 3.14. The Balaban J connectivity index is 1.37. The largest absolute Gasteiger partial charge is 0.439 e. The first kappa shape index (κ1) is 22.6. The number of amides is 4. The van der Waals surface area contributed by atoms with Crippen molar-refractivity contribution in [1.82, 2.24) is 4.98 Å². The summed E-state index contributed by atoms with van der Waals surface area (Å²) < 4.78 is 5.86. The summed E-state index contributed by atoms with van der Waals surface area (Å²) in [5.74, 6) is 0.970. The van der Waals surface area contributed by atoms with Gasteiger partial charge in [0, 0.05) is 36.6 Å². The number of carbonyl (C=O) groups excluding carboxylic acids is 2. The summed E-state index contributed by atoms with van der Waals surface area (Å²) in [5.41, 5.74) is 2.60. The molecule has 1 aromatic heterocycles. The topological polar surface area (TPSA) is 95.9 Å². The molecule has 4 rings (SSSR count). The number of benzene rings is 2. The molecule has 0 bridgehead atoms. The van der Waals surface area contributed by atoms with Gasteiger partial charge in [-0.25, -0.2) is 19.6 Å². The normalized spacial score (nSPS) is 13.1. The van der Waals surface area contributed by atoms with E-state index in [9.17, 15) is 9.59 Å². The summed E-state index contributed by atoms with van der Waals surface area (Å²) in [6.07, 6.45) is 3.83. The van der Waals surface area contributed by atoms with Crippen LogP contribution in [-0.2, 0) is 0 Å². The van der Waals surface area contributed by atoms with Crippen molar-refractivity contribution in [2.45, 2.75) is 13.3 Å². The van der Waals surface area contributed by atoms with Crippen LogP contribution in [0.3, 0.4) is 0 Å². The summed E-state index contributed by atoms with van der Waals surface area (Å²) in [6, 6.07) is 12.9. The molecule has 2 aromatic carbocycles. The van der Waals surface area contributed by atoms with E-state index in [1.54, 1.807) is 47.5 Å². The maximum atomic E-state index is 12.2. The minimum absolute atomic E-state index is 0.276. The highest BCUT2D eigenvalue weighted by molar-refractivity contribution is 6.42. The minimum Gasteiger partial charge on any atom is -0.439 e. The second-order valence-electron chi connectivity index (χ2n) is 7.18. The molecule has 1 aliphatic heterocycles. The number of hydrogen-bond acceptors (Lipinski definition) is 4. The third-order valence-corrected chi connectivity index (χ3v) is 5.51. The molecule has 4 amide bonds. The summed E-state index contributed by atoms with van der Waals surface area (Å²) in [5, 5.41) is 6.10. The number of ether oxygens (including phenoxy) is 1. The fourth-order valence-corrected chi connectivity index (χ4v) is 3.44. The smallest absolute Gasteiger partial charge is 0.347 e. The van der Waals surface area contributed by atoms with E-state index >= 15 is 0 Å². The van der Waals surface area contributed by atoms with Crippen LogP contribution in [0.25, 0.3) is 0 Å². The van der Waals surface area contributed by atoms with Crippen molar-refractivity contribution in [2.75, 3.05) is 22.1 Å². The van der Waals surface area contributed by atoms with E-state index < -0.39 is 6.03 Å². The summed E-state index contributed by atoms with van der Waals surface area (Å²) in [6.45, 7) is 2.48. The quantitative estimate of drug-likeness (QED) is 0.430. The van der Waals surface area contributed by atoms with Gasteiger partial charge in [-0.3, -0.25) is 4.90 Å². The van der Waals surface area contributed by atoms with Gasteiger partial charge in [0.25, 0.3) is 0 Å². The molecule has 0 spiro atoms. The van der Waals surface area contributed by atoms with Crippen molar-refractivity contribution in [2.24, 2.45) is 4.99 Å². The van der Waals surface area contributed by atoms with Gasteiger partial charge >= 0.3 is 12.1 Å². The summed E-state index contributed by atoms with van der Waals surface area (Å²) in [7, 11) is 0. The molecule has 0 radical (unpaired) electrons. The Morgan fingerprint density at radius 1 is 1.03 bits per heavy atom. The third-order valence-electron chi connectivity index (χ3n) is 4.77. The van der Waals surface area contributed by atoms with E-state index in [2.05, 4.69) is 20.6 Å². The Morgan fingerprint density at radius 2 is 1.82 bits per heavy atom. The molecular weight excluding hydrogens is 465 g/mol. The first-order valence-electron chi connectivity index (χ1n) is 10.0. The van der Waals surface area contributed by atoms with Crippen LogP contribution in [0, 0.1) is 6.92 Å². The molecule has 10 heteroatoms. The number of nitrogens with one attached hydrogen (secondary N) is 2. The summed E-state index contributed by atoms with van der Waals surface area (Å²) >= 11 is 11.8. The number of aromatic nitrogens is 1. The zero-order valence-electron chi connectivity index (χ0n) is 17.5.